The Morgan fingerprint density at radius 1 is 1.40 bits per heavy atom. The first kappa shape index (κ1) is 16.4. The molecule has 1 rings (SSSR count). The van der Waals surface area contributed by atoms with Gasteiger partial charge in [0.25, 0.3) is 5.91 Å². The second-order valence-electron chi connectivity index (χ2n) is 5.66. The van der Waals surface area contributed by atoms with Crippen molar-refractivity contribution in [2.45, 2.75) is 40.0 Å². The minimum atomic E-state index is 0.00565. The van der Waals surface area contributed by atoms with E-state index in [1.54, 1.807) is 11.0 Å². The molecule has 1 atom stereocenters. The third-order valence-electron chi connectivity index (χ3n) is 3.46. The fraction of sp³-hybridized carbons (Fsp3) is 0.600. The van der Waals surface area contributed by atoms with Gasteiger partial charge in [0.05, 0.1) is 0 Å². The summed E-state index contributed by atoms with van der Waals surface area (Å²) < 4.78 is 0. The lowest BCUT2D eigenvalue weighted by molar-refractivity contribution is 0.0774. The highest BCUT2D eigenvalue weighted by molar-refractivity contribution is 5.94. The minimum Gasteiger partial charge on any atom is -0.341 e. The van der Waals surface area contributed by atoms with Crippen LogP contribution in [0.4, 0.5) is 5.82 Å². The van der Waals surface area contributed by atoms with Crippen molar-refractivity contribution in [2.75, 3.05) is 19.0 Å². The number of nitrogens with zero attached hydrogens (tertiary/aromatic N) is 2. The van der Waals surface area contributed by atoms with Crippen molar-refractivity contribution < 1.29 is 4.79 Å². The number of carbonyl (C=O) groups excluding carboxylic acids is 1. The number of anilines is 1. The summed E-state index contributed by atoms with van der Waals surface area (Å²) in [5.41, 5.74) is 4.02. The molecule has 1 heterocycles. The minimum absolute atomic E-state index is 0.00565. The lowest BCUT2D eigenvalue weighted by atomic mass is 10.1. The molecule has 0 bridgehead atoms. The molecule has 5 nitrogen and oxygen atoms in total. The van der Waals surface area contributed by atoms with Crippen molar-refractivity contribution in [3.63, 3.8) is 0 Å². The number of hydrogen-bond acceptors (Lipinski definition) is 4. The predicted octanol–water partition coefficient (Wildman–Crippen LogP) is 2.61. The van der Waals surface area contributed by atoms with Crippen LogP contribution < -0.4 is 11.3 Å². The van der Waals surface area contributed by atoms with E-state index in [1.165, 1.54) is 0 Å². The number of nitrogen functional groups attached to an aromatic ring is 1. The Morgan fingerprint density at radius 2 is 2.05 bits per heavy atom. The van der Waals surface area contributed by atoms with E-state index in [0.717, 1.165) is 18.7 Å². The second kappa shape index (κ2) is 7.24. The summed E-state index contributed by atoms with van der Waals surface area (Å²) in [5.74, 6) is 6.69. The molecule has 1 unspecified atom stereocenters. The summed E-state index contributed by atoms with van der Waals surface area (Å²) in [7, 11) is 1.83. The number of pyridine rings is 1. The largest absolute Gasteiger partial charge is 0.341 e. The van der Waals surface area contributed by atoms with Gasteiger partial charge in [-0.15, -0.1) is 0 Å². The molecule has 1 amide bonds. The van der Waals surface area contributed by atoms with Crippen molar-refractivity contribution in [1.29, 1.82) is 0 Å². The van der Waals surface area contributed by atoms with Gasteiger partial charge in [-0.05, 0) is 24.0 Å². The lowest BCUT2D eigenvalue weighted by Gasteiger charge is -2.21. The lowest BCUT2D eigenvalue weighted by Crippen LogP contribution is -2.31. The van der Waals surface area contributed by atoms with Gasteiger partial charge < -0.3 is 10.3 Å². The van der Waals surface area contributed by atoms with E-state index in [4.69, 9.17) is 5.84 Å². The van der Waals surface area contributed by atoms with E-state index in [0.29, 0.717) is 17.3 Å². The van der Waals surface area contributed by atoms with E-state index in [-0.39, 0.29) is 11.8 Å². The second-order valence-corrected chi connectivity index (χ2v) is 5.66. The topological polar surface area (TPSA) is 71.2 Å². The van der Waals surface area contributed by atoms with Crippen molar-refractivity contribution in [2.24, 2.45) is 11.8 Å². The van der Waals surface area contributed by atoms with Gasteiger partial charge >= 0.3 is 0 Å². The number of carbonyl (C=O) groups is 1. The summed E-state index contributed by atoms with van der Waals surface area (Å²) in [6.07, 6.45) is 1.06. The van der Waals surface area contributed by atoms with Gasteiger partial charge in [0.1, 0.15) is 5.82 Å². The van der Waals surface area contributed by atoms with Gasteiger partial charge in [-0.2, -0.15) is 0 Å². The van der Waals surface area contributed by atoms with E-state index >= 15 is 0 Å². The monoisotopic (exact) mass is 278 g/mol. The Labute approximate surface area is 121 Å². The number of nitrogens with one attached hydrogen (secondary N) is 1. The number of hydrogen-bond donors (Lipinski definition) is 2. The van der Waals surface area contributed by atoms with E-state index in [2.05, 4.69) is 24.3 Å². The van der Waals surface area contributed by atoms with Crippen LogP contribution in [0.3, 0.4) is 0 Å². The third kappa shape index (κ3) is 4.20. The zero-order valence-electron chi connectivity index (χ0n) is 13.1. The van der Waals surface area contributed by atoms with Crippen LogP contribution in [-0.2, 0) is 0 Å². The van der Waals surface area contributed by atoms with Gasteiger partial charge in [0, 0.05) is 24.8 Å². The molecule has 0 saturated carbocycles. The fourth-order valence-corrected chi connectivity index (χ4v) is 1.95. The van der Waals surface area contributed by atoms with Crippen LogP contribution in [0.5, 0.6) is 0 Å². The molecule has 0 fully saturated rings. The average Bonchev–Trinajstić information content (AvgIpc) is 2.45. The van der Waals surface area contributed by atoms with Crippen LogP contribution in [0, 0.1) is 5.92 Å². The molecule has 0 aliphatic carbocycles. The van der Waals surface area contributed by atoms with Crippen molar-refractivity contribution in [3.05, 3.63) is 23.4 Å². The Kier molecular flexibility index (Phi) is 5.95. The number of aromatic nitrogens is 1. The zero-order valence-corrected chi connectivity index (χ0v) is 13.1. The molecule has 1 aromatic heterocycles. The smallest absolute Gasteiger partial charge is 0.253 e. The maximum Gasteiger partial charge on any atom is 0.253 e. The highest BCUT2D eigenvalue weighted by atomic mass is 16.2. The van der Waals surface area contributed by atoms with Gasteiger partial charge in [-0.25, -0.2) is 10.8 Å². The molecule has 1 aromatic rings. The quantitative estimate of drug-likeness (QED) is 0.620. The summed E-state index contributed by atoms with van der Waals surface area (Å²) in [4.78, 5) is 18.6. The summed E-state index contributed by atoms with van der Waals surface area (Å²) in [6.45, 7) is 9.10. The van der Waals surface area contributed by atoms with Crippen LogP contribution in [0.15, 0.2) is 12.1 Å². The van der Waals surface area contributed by atoms with Crippen molar-refractivity contribution in [3.8, 4) is 0 Å². The maximum absolute atomic E-state index is 12.5. The predicted molar refractivity (Wildman–Crippen MR) is 82.6 cm³/mol. The maximum atomic E-state index is 12.5. The Hall–Kier alpha value is -1.62. The Morgan fingerprint density at radius 3 is 2.55 bits per heavy atom. The molecule has 112 valence electrons. The SMILES string of the molecule is CCC(C)CN(C)C(=O)c1cc(NN)nc(C(C)C)c1. The molecule has 0 aliphatic heterocycles. The highest BCUT2D eigenvalue weighted by Crippen LogP contribution is 2.18. The van der Waals surface area contributed by atoms with E-state index < -0.39 is 0 Å². The van der Waals surface area contributed by atoms with Crippen LogP contribution in [0.25, 0.3) is 0 Å². The molecule has 0 aliphatic rings. The summed E-state index contributed by atoms with van der Waals surface area (Å²) in [6, 6.07) is 3.54. The number of rotatable bonds is 6. The van der Waals surface area contributed by atoms with Gasteiger partial charge in [0.2, 0.25) is 0 Å². The first-order valence-corrected chi connectivity index (χ1v) is 7.13. The summed E-state index contributed by atoms with van der Waals surface area (Å²) in [5, 5.41) is 0. The van der Waals surface area contributed by atoms with Crippen LogP contribution in [0.1, 0.15) is 56.1 Å². The fourth-order valence-electron chi connectivity index (χ4n) is 1.95. The normalized spacial score (nSPS) is 12.3. The first-order chi connectivity index (χ1) is 9.38. The number of amides is 1. The van der Waals surface area contributed by atoms with Crippen LogP contribution in [-0.4, -0.2) is 29.4 Å². The number of hydrazine groups is 1. The molecule has 0 aromatic carbocycles. The molecule has 5 heteroatoms. The molecule has 0 spiro atoms. The zero-order chi connectivity index (χ0) is 15.3. The van der Waals surface area contributed by atoms with Crippen molar-refractivity contribution in [1.82, 2.24) is 9.88 Å². The van der Waals surface area contributed by atoms with Gasteiger partial charge in [0.15, 0.2) is 0 Å². The number of nitrogens with two attached hydrogens (primary N) is 1. The van der Waals surface area contributed by atoms with E-state index in [9.17, 15) is 4.79 Å². The van der Waals surface area contributed by atoms with E-state index in [1.807, 2.05) is 27.0 Å². The molecule has 0 saturated heterocycles. The first-order valence-electron chi connectivity index (χ1n) is 7.13. The van der Waals surface area contributed by atoms with Crippen LogP contribution in [0.2, 0.25) is 0 Å². The molecule has 3 N–H and O–H groups in total. The van der Waals surface area contributed by atoms with Gasteiger partial charge in [-0.1, -0.05) is 34.1 Å². The average molecular weight is 278 g/mol. The summed E-state index contributed by atoms with van der Waals surface area (Å²) >= 11 is 0. The molecule has 20 heavy (non-hydrogen) atoms. The standard InChI is InChI=1S/C15H26N4O/c1-6-11(4)9-19(5)15(20)12-7-13(10(2)3)17-14(8-12)18-16/h7-8,10-11H,6,9,16H2,1-5H3,(H,17,18). The Balaban J connectivity index is 2.99. The Bertz CT molecular complexity index is 459. The van der Waals surface area contributed by atoms with Crippen molar-refractivity contribution >= 4 is 11.7 Å². The molecular weight excluding hydrogens is 252 g/mol. The third-order valence-corrected chi connectivity index (χ3v) is 3.46. The highest BCUT2D eigenvalue weighted by Gasteiger charge is 2.16. The molecular formula is C15H26N4O. The van der Waals surface area contributed by atoms with Crippen LogP contribution >= 0.6 is 0 Å². The van der Waals surface area contributed by atoms with Gasteiger partial charge in [-0.3, -0.25) is 4.79 Å². The molecule has 0 radical (unpaired) electrons.